The second-order valence-corrected chi connectivity index (χ2v) is 6.39. The van der Waals surface area contributed by atoms with Gasteiger partial charge >= 0.3 is 19.7 Å². The molecule has 0 saturated carbocycles. The Morgan fingerprint density at radius 3 is 2.00 bits per heavy atom. The third kappa shape index (κ3) is 9.08. The fourth-order valence-corrected chi connectivity index (χ4v) is 3.22. The lowest BCUT2D eigenvalue weighted by molar-refractivity contribution is -0.192. The van der Waals surface area contributed by atoms with Gasteiger partial charge in [-0.25, -0.2) is 4.79 Å². The van der Waals surface area contributed by atoms with Gasteiger partial charge in [-0.1, -0.05) is 0 Å². The molecule has 21 heavy (non-hydrogen) atoms. The first-order chi connectivity index (χ1) is 9.64. The van der Waals surface area contributed by atoms with Gasteiger partial charge in [0.2, 0.25) is 0 Å². The zero-order valence-corrected chi connectivity index (χ0v) is 12.9. The first-order valence-corrected chi connectivity index (χ1v) is 8.29. The second kappa shape index (κ2) is 9.40. The van der Waals surface area contributed by atoms with Gasteiger partial charge in [0.15, 0.2) is 0 Å². The van der Waals surface area contributed by atoms with Crippen molar-refractivity contribution < 1.29 is 36.7 Å². The van der Waals surface area contributed by atoms with Crippen LogP contribution < -0.4 is 5.32 Å². The molecule has 0 amide bonds. The fourth-order valence-electron chi connectivity index (χ4n) is 1.47. The molecular weight excluding hydrogens is 314 g/mol. The Hall–Kier alpha value is -0.630. The van der Waals surface area contributed by atoms with Crippen LogP contribution in [0.1, 0.15) is 26.7 Å². The Bertz CT molecular complexity index is 350. The molecule has 1 rings (SSSR count). The van der Waals surface area contributed by atoms with E-state index in [9.17, 15) is 17.7 Å². The van der Waals surface area contributed by atoms with E-state index in [1.165, 1.54) is 6.42 Å². The van der Waals surface area contributed by atoms with Crippen LogP contribution in [0.3, 0.4) is 0 Å². The monoisotopic (exact) mass is 335 g/mol. The first-order valence-electron chi connectivity index (χ1n) is 6.56. The standard InChI is InChI=1S/C9H20NO3P.C2HF3O2/c1-3-12-14(11,13-4-2)8-6-9-5-7-10-9;3-2(4,5)1(6)7/h9-10H,3-8H2,1-2H3;(H,6,7). The van der Waals surface area contributed by atoms with Crippen molar-refractivity contribution in [3.63, 3.8) is 0 Å². The van der Waals surface area contributed by atoms with Crippen molar-refractivity contribution in [2.24, 2.45) is 0 Å². The molecule has 0 aromatic carbocycles. The number of carbonyl (C=O) groups is 1. The molecule has 6 nitrogen and oxygen atoms in total. The molecule has 0 aromatic rings. The summed E-state index contributed by atoms with van der Waals surface area (Å²) in [4.78, 5) is 8.90. The molecule has 1 saturated heterocycles. The van der Waals surface area contributed by atoms with Crippen molar-refractivity contribution in [1.82, 2.24) is 5.32 Å². The molecule has 0 bridgehead atoms. The van der Waals surface area contributed by atoms with Gasteiger partial charge in [-0.2, -0.15) is 13.2 Å². The summed E-state index contributed by atoms with van der Waals surface area (Å²) in [6.07, 6.45) is -2.48. The SMILES string of the molecule is CCOP(=O)(CCC1CCN1)OCC.O=C(O)C(F)(F)F. The van der Waals surface area contributed by atoms with Gasteiger partial charge < -0.3 is 19.5 Å². The van der Waals surface area contributed by atoms with Crippen LogP contribution in [-0.4, -0.2) is 49.2 Å². The van der Waals surface area contributed by atoms with Crippen LogP contribution in [0, 0.1) is 0 Å². The number of carboxylic acid groups (broad SMARTS) is 1. The third-order valence-electron chi connectivity index (χ3n) is 2.57. The first kappa shape index (κ1) is 20.4. The summed E-state index contributed by atoms with van der Waals surface area (Å²) in [5.41, 5.74) is 0. The number of carboxylic acids is 1. The number of nitrogens with one attached hydrogen (secondary N) is 1. The Morgan fingerprint density at radius 1 is 1.33 bits per heavy atom. The van der Waals surface area contributed by atoms with Gasteiger partial charge in [0.1, 0.15) is 0 Å². The van der Waals surface area contributed by atoms with E-state index in [4.69, 9.17) is 18.9 Å². The highest BCUT2D eigenvalue weighted by Crippen LogP contribution is 2.48. The highest BCUT2D eigenvalue weighted by molar-refractivity contribution is 7.53. The summed E-state index contributed by atoms with van der Waals surface area (Å²) in [5, 5.41) is 10.4. The van der Waals surface area contributed by atoms with Crippen LogP contribution in [0.2, 0.25) is 0 Å². The molecule has 0 radical (unpaired) electrons. The molecule has 1 fully saturated rings. The number of hydrogen-bond acceptors (Lipinski definition) is 5. The van der Waals surface area contributed by atoms with Gasteiger partial charge in [0.05, 0.1) is 19.4 Å². The zero-order valence-electron chi connectivity index (χ0n) is 12.0. The van der Waals surface area contributed by atoms with Crippen molar-refractivity contribution in [3.05, 3.63) is 0 Å². The molecule has 0 aliphatic carbocycles. The smallest absolute Gasteiger partial charge is 0.475 e. The van der Waals surface area contributed by atoms with E-state index in [-0.39, 0.29) is 0 Å². The van der Waals surface area contributed by atoms with Crippen LogP contribution in [0.25, 0.3) is 0 Å². The summed E-state index contributed by atoms with van der Waals surface area (Å²) in [6, 6.07) is 0.518. The van der Waals surface area contributed by atoms with Gasteiger partial charge in [-0.3, -0.25) is 4.57 Å². The van der Waals surface area contributed by atoms with Crippen molar-refractivity contribution in [3.8, 4) is 0 Å². The molecule has 126 valence electrons. The predicted octanol–water partition coefficient (Wildman–Crippen LogP) is 2.64. The van der Waals surface area contributed by atoms with E-state index < -0.39 is 19.7 Å². The lowest BCUT2D eigenvalue weighted by atomic mass is 10.1. The largest absolute Gasteiger partial charge is 0.490 e. The predicted molar refractivity (Wildman–Crippen MR) is 70.4 cm³/mol. The Labute approximate surface area is 121 Å². The topological polar surface area (TPSA) is 84.9 Å². The summed E-state index contributed by atoms with van der Waals surface area (Å²) in [7, 11) is -2.79. The summed E-state index contributed by atoms with van der Waals surface area (Å²) in [5.74, 6) is -2.76. The highest BCUT2D eigenvalue weighted by atomic mass is 31.2. The summed E-state index contributed by atoms with van der Waals surface area (Å²) in [6.45, 7) is 5.67. The minimum Gasteiger partial charge on any atom is -0.475 e. The van der Waals surface area contributed by atoms with Crippen LogP contribution >= 0.6 is 7.60 Å². The van der Waals surface area contributed by atoms with Crippen molar-refractivity contribution >= 4 is 13.6 Å². The Morgan fingerprint density at radius 2 is 1.76 bits per heavy atom. The van der Waals surface area contributed by atoms with E-state index in [1.807, 2.05) is 13.8 Å². The van der Waals surface area contributed by atoms with Crippen LogP contribution in [0.4, 0.5) is 13.2 Å². The molecule has 1 heterocycles. The van der Waals surface area contributed by atoms with Gasteiger partial charge in [0, 0.05) is 6.04 Å². The number of alkyl halides is 3. The number of rotatable bonds is 7. The van der Waals surface area contributed by atoms with Gasteiger partial charge in [0.25, 0.3) is 0 Å². The molecule has 1 unspecified atom stereocenters. The number of aliphatic carboxylic acids is 1. The fraction of sp³-hybridized carbons (Fsp3) is 0.909. The molecular formula is C11H21F3NO5P. The van der Waals surface area contributed by atoms with Crippen LogP contribution in [0.15, 0.2) is 0 Å². The second-order valence-electron chi connectivity index (χ2n) is 4.20. The van der Waals surface area contributed by atoms with Crippen molar-refractivity contribution in [2.45, 2.75) is 38.9 Å². The van der Waals surface area contributed by atoms with Gasteiger partial charge in [-0.05, 0) is 33.2 Å². The lowest BCUT2D eigenvalue weighted by Gasteiger charge is -2.28. The molecule has 1 aliphatic heterocycles. The van der Waals surface area contributed by atoms with E-state index in [1.54, 1.807) is 0 Å². The van der Waals surface area contributed by atoms with E-state index >= 15 is 0 Å². The van der Waals surface area contributed by atoms with Crippen LogP contribution in [-0.2, 0) is 18.4 Å². The number of halogens is 3. The van der Waals surface area contributed by atoms with E-state index in [0.717, 1.165) is 13.0 Å². The summed E-state index contributed by atoms with van der Waals surface area (Å²) < 4.78 is 54.1. The van der Waals surface area contributed by atoms with Crippen molar-refractivity contribution in [2.75, 3.05) is 25.9 Å². The maximum Gasteiger partial charge on any atom is 0.490 e. The molecule has 0 spiro atoms. The zero-order chi connectivity index (χ0) is 16.5. The minimum atomic E-state index is -5.08. The van der Waals surface area contributed by atoms with E-state index in [2.05, 4.69) is 5.32 Å². The summed E-state index contributed by atoms with van der Waals surface area (Å²) >= 11 is 0. The molecule has 10 heteroatoms. The van der Waals surface area contributed by atoms with E-state index in [0.29, 0.717) is 25.4 Å². The molecule has 0 aromatic heterocycles. The quantitative estimate of drug-likeness (QED) is 0.696. The molecule has 1 atom stereocenters. The lowest BCUT2D eigenvalue weighted by Crippen LogP contribution is -2.43. The Balaban J connectivity index is 0.000000486. The minimum absolute atomic E-state index is 0.454. The molecule has 1 aliphatic rings. The molecule has 2 N–H and O–H groups in total. The van der Waals surface area contributed by atoms with Gasteiger partial charge in [-0.15, -0.1) is 0 Å². The van der Waals surface area contributed by atoms with Crippen LogP contribution in [0.5, 0.6) is 0 Å². The maximum atomic E-state index is 12.0. The normalized spacial score (nSPS) is 18.4. The highest BCUT2D eigenvalue weighted by Gasteiger charge is 2.38. The maximum absolute atomic E-state index is 12.0. The average Bonchev–Trinajstić information content (AvgIpc) is 2.26. The van der Waals surface area contributed by atoms with Crippen molar-refractivity contribution in [1.29, 1.82) is 0 Å². The third-order valence-corrected chi connectivity index (χ3v) is 4.68. The average molecular weight is 335 g/mol. The Kier molecular flexibility index (Phi) is 9.12. The number of hydrogen-bond donors (Lipinski definition) is 2.